The summed E-state index contributed by atoms with van der Waals surface area (Å²) in [5, 5.41) is -0.802. The molecule has 0 aromatic heterocycles. The molecule has 0 radical (unpaired) electrons. The number of unbranched alkanes of at least 4 members (excludes halogenated alkanes) is 1. The smallest absolute Gasteiger partial charge is 0.305 e. The van der Waals surface area contributed by atoms with Gasteiger partial charge < -0.3 is 15.2 Å². The van der Waals surface area contributed by atoms with Crippen molar-refractivity contribution in [3.8, 4) is 0 Å². The number of ether oxygens (including phenoxy) is 2. The second kappa shape index (κ2) is 14.1. The molecule has 160 valence electrons. The molecule has 0 bridgehead atoms. The van der Waals surface area contributed by atoms with Gasteiger partial charge >= 0.3 is 11.9 Å². The van der Waals surface area contributed by atoms with Crippen LogP contribution < -0.4 is 5.73 Å². The largest absolute Gasteiger partial charge is 0.466 e. The van der Waals surface area contributed by atoms with Crippen LogP contribution in [0.4, 0.5) is 0 Å². The van der Waals surface area contributed by atoms with E-state index >= 15 is 0 Å². The topological polar surface area (TPSA) is 113 Å². The molecule has 0 aliphatic rings. The van der Waals surface area contributed by atoms with Gasteiger partial charge in [0.05, 0.1) is 18.1 Å². The number of esters is 2. The number of benzene rings is 1. The van der Waals surface area contributed by atoms with Gasteiger partial charge in [-0.1, -0.05) is 25.1 Å². The van der Waals surface area contributed by atoms with Crippen molar-refractivity contribution in [1.29, 1.82) is 0 Å². The van der Waals surface area contributed by atoms with E-state index in [-0.39, 0.29) is 11.9 Å². The molecule has 0 saturated heterocycles. The van der Waals surface area contributed by atoms with Crippen LogP contribution >= 0.6 is 0 Å². The summed E-state index contributed by atoms with van der Waals surface area (Å²) >= 11 is 0. The predicted molar refractivity (Wildman–Crippen MR) is 108 cm³/mol. The monoisotopic (exact) mass is 415 g/mol. The molecule has 8 heteroatoms. The van der Waals surface area contributed by atoms with E-state index in [2.05, 4.69) is 0 Å². The Morgan fingerprint density at radius 2 is 1.43 bits per heavy atom. The highest BCUT2D eigenvalue weighted by molar-refractivity contribution is 7.92. The average molecular weight is 416 g/mol. The van der Waals surface area contributed by atoms with Crippen LogP contribution in [0.2, 0.25) is 0 Å². The quantitative estimate of drug-likeness (QED) is 0.461. The van der Waals surface area contributed by atoms with Crippen LogP contribution in [-0.4, -0.2) is 38.9 Å². The molecule has 1 unspecified atom stereocenters. The van der Waals surface area contributed by atoms with Gasteiger partial charge in [-0.3, -0.25) is 9.59 Å². The first kappa shape index (κ1) is 26.1. The van der Waals surface area contributed by atoms with Gasteiger partial charge in [0.15, 0.2) is 9.84 Å². The second-order valence-electron chi connectivity index (χ2n) is 6.07. The molecule has 0 amide bonds. The number of hydrogen-bond donors (Lipinski definition) is 1. The van der Waals surface area contributed by atoms with Gasteiger partial charge in [-0.25, -0.2) is 8.42 Å². The minimum atomic E-state index is -3.34. The summed E-state index contributed by atoms with van der Waals surface area (Å²) in [6.45, 7) is 7.91. The maximum absolute atomic E-state index is 11.9. The van der Waals surface area contributed by atoms with Gasteiger partial charge in [0.2, 0.25) is 0 Å². The van der Waals surface area contributed by atoms with Crippen LogP contribution in [-0.2, 0) is 28.9 Å². The molecule has 0 heterocycles. The Morgan fingerprint density at radius 3 is 1.82 bits per heavy atom. The first-order valence-electron chi connectivity index (χ1n) is 9.56. The van der Waals surface area contributed by atoms with E-state index in [0.717, 1.165) is 5.56 Å². The molecule has 7 nitrogen and oxygen atoms in total. The number of nitrogens with two attached hydrogens (primary N) is 1. The lowest BCUT2D eigenvalue weighted by molar-refractivity contribution is -0.145. The summed E-state index contributed by atoms with van der Waals surface area (Å²) in [4.78, 5) is 22.1. The van der Waals surface area contributed by atoms with Gasteiger partial charge in [0.25, 0.3) is 0 Å². The van der Waals surface area contributed by atoms with Crippen LogP contribution in [0.25, 0.3) is 0 Å². The normalized spacial score (nSPS) is 11.8. The summed E-state index contributed by atoms with van der Waals surface area (Å²) in [6.07, 6.45) is 2.55. The Bertz CT molecular complexity index is 682. The first-order chi connectivity index (χ1) is 13.2. The van der Waals surface area contributed by atoms with Crippen LogP contribution in [0.3, 0.4) is 0 Å². The lowest BCUT2D eigenvalue weighted by Gasteiger charge is -2.12. The molecule has 1 aromatic carbocycles. The van der Waals surface area contributed by atoms with E-state index in [1.807, 2.05) is 6.07 Å². The Balaban J connectivity index is 0.000000521. The minimum Gasteiger partial charge on any atom is -0.466 e. The number of hydrogen-bond acceptors (Lipinski definition) is 7. The Labute approximate surface area is 168 Å². The zero-order valence-corrected chi connectivity index (χ0v) is 18.1. The third kappa shape index (κ3) is 9.85. The van der Waals surface area contributed by atoms with Crippen molar-refractivity contribution in [3.63, 3.8) is 0 Å². The highest BCUT2D eigenvalue weighted by Gasteiger charge is 2.23. The fourth-order valence-electron chi connectivity index (χ4n) is 2.26. The number of sulfone groups is 1. The van der Waals surface area contributed by atoms with Crippen molar-refractivity contribution in [2.24, 2.45) is 5.73 Å². The predicted octanol–water partition coefficient (Wildman–Crippen LogP) is 3.14. The van der Waals surface area contributed by atoms with E-state index in [0.29, 0.717) is 50.2 Å². The molecule has 0 aliphatic carbocycles. The Hall–Kier alpha value is -1.93. The van der Waals surface area contributed by atoms with Crippen molar-refractivity contribution >= 4 is 21.8 Å². The maximum atomic E-state index is 11.9. The molecule has 0 saturated carbocycles. The summed E-state index contributed by atoms with van der Waals surface area (Å²) in [5.41, 5.74) is 6.31. The molecule has 0 spiro atoms. The van der Waals surface area contributed by atoms with E-state index in [1.165, 1.54) is 0 Å². The SMILES string of the molecule is CCC(N)S(=O)(=O)c1ccccc1C.CCOC(=O)CCCCC(=O)OCC. The third-order valence-electron chi connectivity index (χ3n) is 3.82. The molecule has 1 rings (SSSR count). The fourth-order valence-corrected chi connectivity index (χ4v) is 3.81. The van der Waals surface area contributed by atoms with Gasteiger partial charge in [-0.15, -0.1) is 0 Å². The van der Waals surface area contributed by atoms with Gasteiger partial charge in [-0.2, -0.15) is 0 Å². The van der Waals surface area contributed by atoms with Crippen LogP contribution in [0.15, 0.2) is 29.2 Å². The number of carbonyl (C=O) groups excluding carboxylic acids is 2. The summed E-state index contributed by atoms with van der Waals surface area (Å²) < 4.78 is 33.2. The third-order valence-corrected chi connectivity index (χ3v) is 6.03. The molecule has 0 fully saturated rings. The van der Waals surface area contributed by atoms with Crippen LogP contribution in [0, 0.1) is 6.92 Å². The molecular formula is C20H33NO6S. The van der Waals surface area contributed by atoms with Crippen molar-refractivity contribution in [3.05, 3.63) is 29.8 Å². The number of aryl methyl sites for hydroxylation is 1. The minimum absolute atomic E-state index is 0.198. The maximum Gasteiger partial charge on any atom is 0.305 e. The lowest BCUT2D eigenvalue weighted by atomic mass is 10.2. The molecule has 2 N–H and O–H groups in total. The standard InChI is InChI=1S/C10H15NO2S.C10H18O4/c1-3-10(11)14(12,13)9-7-5-4-6-8(9)2;1-3-13-9(11)7-5-6-8-10(12)14-4-2/h4-7,10H,3,11H2,1-2H3;3-8H2,1-2H3. The molecule has 28 heavy (non-hydrogen) atoms. The highest BCUT2D eigenvalue weighted by atomic mass is 32.2. The van der Waals surface area contributed by atoms with Gasteiger partial charge in [0, 0.05) is 12.8 Å². The molecule has 1 aromatic rings. The van der Waals surface area contributed by atoms with Crippen molar-refractivity contribution in [1.82, 2.24) is 0 Å². The Morgan fingerprint density at radius 1 is 0.964 bits per heavy atom. The zero-order chi connectivity index (χ0) is 21.6. The van der Waals surface area contributed by atoms with Gasteiger partial charge in [0.1, 0.15) is 5.37 Å². The van der Waals surface area contributed by atoms with Crippen LogP contribution in [0.1, 0.15) is 58.4 Å². The lowest BCUT2D eigenvalue weighted by Crippen LogP contribution is -2.30. The van der Waals surface area contributed by atoms with E-state index in [1.54, 1.807) is 45.9 Å². The average Bonchev–Trinajstić information content (AvgIpc) is 2.65. The van der Waals surface area contributed by atoms with Gasteiger partial charge in [-0.05, 0) is 51.7 Å². The van der Waals surface area contributed by atoms with Crippen molar-refractivity contribution in [2.45, 2.75) is 70.1 Å². The zero-order valence-electron chi connectivity index (χ0n) is 17.3. The number of carbonyl (C=O) groups is 2. The summed E-state index contributed by atoms with van der Waals surface area (Å²) in [5.74, 6) is -0.396. The summed E-state index contributed by atoms with van der Waals surface area (Å²) in [6, 6.07) is 6.89. The molecule has 1 atom stereocenters. The number of rotatable bonds is 10. The van der Waals surface area contributed by atoms with Crippen molar-refractivity contribution < 1.29 is 27.5 Å². The van der Waals surface area contributed by atoms with E-state index in [4.69, 9.17) is 15.2 Å². The van der Waals surface area contributed by atoms with Crippen molar-refractivity contribution in [2.75, 3.05) is 13.2 Å². The molecule has 0 aliphatic heterocycles. The van der Waals surface area contributed by atoms with Crippen LogP contribution in [0.5, 0.6) is 0 Å². The first-order valence-corrected chi connectivity index (χ1v) is 11.1. The Kier molecular flexibility index (Phi) is 13.1. The van der Waals surface area contributed by atoms with E-state index in [9.17, 15) is 18.0 Å². The molecular weight excluding hydrogens is 382 g/mol. The fraction of sp³-hybridized carbons (Fsp3) is 0.600. The highest BCUT2D eigenvalue weighted by Crippen LogP contribution is 2.18. The van der Waals surface area contributed by atoms with E-state index < -0.39 is 15.2 Å². The second-order valence-corrected chi connectivity index (χ2v) is 8.21. The summed E-state index contributed by atoms with van der Waals surface area (Å²) in [7, 11) is -3.34.